The third kappa shape index (κ3) is 2.37. The summed E-state index contributed by atoms with van der Waals surface area (Å²) in [7, 11) is 0. The van der Waals surface area contributed by atoms with E-state index in [2.05, 4.69) is 45.9 Å². The molecule has 0 aliphatic carbocycles. The zero-order chi connectivity index (χ0) is 16.9. The number of hydrogen-bond donors (Lipinski definition) is 1. The minimum Gasteiger partial charge on any atom is -0.394 e. The number of fused-ring (bicyclic) bond motifs is 1. The molecule has 3 rings (SSSR count). The van der Waals surface area contributed by atoms with Crippen LogP contribution in [0.15, 0.2) is 27.8 Å². The van der Waals surface area contributed by atoms with Crippen molar-refractivity contribution in [2.24, 2.45) is 5.92 Å². The molecule has 0 bridgehead atoms. The van der Waals surface area contributed by atoms with Crippen molar-refractivity contribution in [3.05, 3.63) is 49.8 Å². The van der Waals surface area contributed by atoms with Crippen LogP contribution in [-0.2, 0) is 11.8 Å². The fourth-order valence-corrected chi connectivity index (χ4v) is 3.48. The van der Waals surface area contributed by atoms with Gasteiger partial charge in [0, 0.05) is 17.6 Å². The minimum atomic E-state index is -0.554. The lowest BCUT2D eigenvalue weighted by Gasteiger charge is -2.24. The van der Waals surface area contributed by atoms with Crippen LogP contribution in [0.25, 0.3) is 0 Å². The number of rotatable bonds is 4. The first-order chi connectivity index (χ1) is 10.8. The van der Waals surface area contributed by atoms with E-state index >= 15 is 0 Å². The third-order valence-electron chi connectivity index (χ3n) is 5.11. The zero-order valence-electron chi connectivity index (χ0n) is 14.3. The van der Waals surface area contributed by atoms with Gasteiger partial charge in [-0.25, -0.2) is 0 Å². The van der Waals surface area contributed by atoms with E-state index in [0.29, 0.717) is 18.2 Å². The van der Waals surface area contributed by atoms with E-state index in [1.54, 1.807) is 0 Å². The van der Waals surface area contributed by atoms with Crippen molar-refractivity contribution in [1.82, 2.24) is 0 Å². The normalized spacial score (nSPS) is 17.5. The van der Waals surface area contributed by atoms with E-state index in [4.69, 9.17) is 5.73 Å². The van der Waals surface area contributed by atoms with Crippen LogP contribution < -0.4 is 21.5 Å². The summed E-state index contributed by atoms with van der Waals surface area (Å²) in [5.74, 6) is 0.618. The first-order valence-electron chi connectivity index (χ1n) is 8.26. The molecule has 1 heterocycles. The predicted octanol–water partition coefficient (Wildman–Crippen LogP) is 2.88. The van der Waals surface area contributed by atoms with Crippen LogP contribution in [0, 0.1) is 5.92 Å². The molecule has 0 fully saturated rings. The highest BCUT2D eigenvalue weighted by Crippen LogP contribution is 2.45. The summed E-state index contributed by atoms with van der Waals surface area (Å²) < 4.78 is 0. The fourth-order valence-electron chi connectivity index (χ4n) is 3.48. The summed E-state index contributed by atoms with van der Waals surface area (Å²) in [4.78, 5) is 25.4. The molecule has 4 nitrogen and oxygen atoms in total. The molecule has 23 heavy (non-hydrogen) atoms. The van der Waals surface area contributed by atoms with E-state index in [1.165, 1.54) is 11.1 Å². The zero-order valence-corrected chi connectivity index (χ0v) is 14.3. The average molecular weight is 312 g/mol. The molecule has 4 heteroatoms. The van der Waals surface area contributed by atoms with Gasteiger partial charge in [0.2, 0.25) is 0 Å². The van der Waals surface area contributed by atoms with E-state index < -0.39 is 10.9 Å². The molecule has 122 valence electrons. The lowest BCUT2D eigenvalue weighted by molar-refractivity contribution is 0.559. The lowest BCUT2D eigenvalue weighted by Crippen LogP contribution is -2.41. The van der Waals surface area contributed by atoms with Crippen LogP contribution in [0.2, 0.25) is 0 Å². The summed E-state index contributed by atoms with van der Waals surface area (Å²) in [6.07, 6.45) is 2.15. The van der Waals surface area contributed by atoms with Crippen LogP contribution in [-0.4, -0.2) is 6.54 Å². The van der Waals surface area contributed by atoms with Crippen molar-refractivity contribution in [3.8, 4) is 0 Å². The summed E-state index contributed by atoms with van der Waals surface area (Å²) in [5.41, 5.74) is 8.68. The average Bonchev–Trinajstić information content (AvgIpc) is 2.77. The first-order valence-corrected chi connectivity index (χ1v) is 8.26. The SMILES string of the molecule is CCC(C)Cc1ccc2c(c1)N(c1c(N)c(=O)c1=O)CC2(C)C. The Labute approximate surface area is 136 Å². The molecule has 1 unspecified atom stereocenters. The van der Waals surface area contributed by atoms with Gasteiger partial charge in [-0.3, -0.25) is 9.59 Å². The Hall–Kier alpha value is -2.10. The van der Waals surface area contributed by atoms with Gasteiger partial charge in [0.1, 0.15) is 11.4 Å². The van der Waals surface area contributed by atoms with Crippen molar-refractivity contribution in [3.63, 3.8) is 0 Å². The van der Waals surface area contributed by atoms with E-state index in [-0.39, 0.29) is 11.1 Å². The molecule has 2 aromatic rings. The Bertz CT molecular complexity index is 828. The Balaban J connectivity index is 2.06. The van der Waals surface area contributed by atoms with Crippen molar-refractivity contribution in [2.75, 3.05) is 17.2 Å². The molecule has 0 saturated carbocycles. The molecular weight excluding hydrogens is 288 g/mol. The van der Waals surface area contributed by atoms with Crippen LogP contribution in [0.1, 0.15) is 45.2 Å². The number of nitrogens with two attached hydrogens (primary N) is 1. The molecule has 1 aliphatic heterocycles. The third-order valence-corrected chi connectivity index (χ3v) is 5.11. The molecule has 1 atom stereocenters. The number of nitrogen functional groups attached to an aromatic ring is 1. The number of nitrogens with zero attached hydrogens (tertiary/aromatic N) is 1. The van der Waals surface area contributed by atoms with Gasteiger partial charge < -0.3 is 10.6 Å². The number of hydrogen-bond acceptors (Lipinski definition) is 4. The molecule has 0 amide bonds. The van der Waals surface area contributed by atoms with Crippen LogP contribution in [0.3, 0.4) is 0 Å². The standard InChI is InChI=1S/C19H24N2O2/c1-5-11(2)8-12-6-7-13-14(9-12)21(10-19(13,3)4)16-15(20)17(22)18(16)23/h6-7,9,11H,5,8,10,20H2,1-4H3. The maximum absolute atomic E-state index is 12.0. The predicted molar refractivity (Wildman–Crippen MR) is 95.4 cm³/mol. The van der Waals surface area contributed by atoms with Crippen molar-refractivity contribution >= 4 is 17.1 Å². The van der Waals surface area contributed by atoms with Crippen LogP contribution in [0.5, 0.6) is 0 Å². The molecule has 1 aliphatic rings. The highest BCUT2D eigenvalue weighted by atomic mass is 16.2. The van der Waals surface area contributed by atoms with Crippen molar-refractivity contribution < 1.29 is 0 Å². The van der Waals surface area contributed by atoms with Gasteiger partial charge in [-0.15, -0.1) is 0 Å². The molecule has 2 N–H and O–H groups in total. The molecule has 0 spiro atoms. The second-order valence-corrected chi connectivity index (χ2v) is 7.46. The molecule has 2 aromatic carbocycles. The van der Waals surface area contributed by atoms with Gasteiger partial charge in [-0.2, -0.15) is 0 Å². The maximum Gasteiger partial charge on any atom is 0.253 e. The second kappa shape index (κ2) is 5.22. The molecule has 0 saturated heterocycles. The smallest absolute Gasteiger partial charge is 0.253 e. The lowest BCUT2D eigenvalue weighted by atomic mass is 9.86. The molecule has 0 aromatic heterocycles. The van der Waals surface area contributed by atoms with Gasteiger partial charge in [-0.05, 0) is 29.5 Å². The van der Waals surface area contributed by atoms with Crippen molar-refractivity contribution in [1.29, 1.82) is 0 Å². The fraction of sp³-hybridized carbons (Fsp3) is 0.474. The van der Waals surface area contributed by atoms with Gasteiger partial charge in [0.25, 0.3) is 10.9 Å². The Morgan fingerprint density at radius 3 is 2.57 bits per heavy atom. The summed E-state index contributed by atoms with van der Waals surface area (Å²) >= 11 is 0. The topological polar surface area (TPSA) is 63.4 Å². The van der Waals surface area contributed by atoms with E-state index in [0.717, 1.165) is 18.5 Å². The van der Waals surface area contributed by atoms with Crippen LogP contribution >= 0.6 is 0 Å². The minimum absolute atomic E-state index is 0.0730. The van der Waals surface area contributed by atoms with Gasteiger partial charge in [0.05, 0.1) is 0 Å². The molecular formula is C19H24N2O2. The van der Waals surface area contributed by atoms with E-state index in [9.17, 15) is 9.59 Å². The highest BCUT2D eigenvalue weighted by molar-refractivity contribution is 5.82. The summed E-state index contributed by atoms with van der Waals surface area (Å²) in [6.45, 7) is 9.41. The Morgan fingerprint density at radius 2 is 1.96 bits per heavy atom. The van der Waals surface area contributed by atoms with Gasteiger partial charge in [0.15, 0.2) is 0 Å². The van der Waals surface area contributed by atoms with Gasteiger partial charge >= 0.3 is 0 Å². The second-order valence-electron chi connectivity index (χ2n) is 7.46. The van der Waals surface area contributed by atoms with Gasteiger partial charge in [-0.1, -0.05) is 46.2 Å². The Kier molecular flexibility index (Phi) is 3.58. The monoisotopic (exact) mass is 312 g/mol. The quantitative estimate of drug-likeness (QED) is 0.882. The first kappa shape index (κ1) is 15.8. The van der Waals surface area contributed by atoms with E-state index in [1.807, 2.05) is 4.90 Å². The largest absolute Gasteiger partial charge is 0.394 e. The summed E-state index contributed by atoms with van der Waals surface area (Å²) in [5, 5.41) is 0. The summed E-state index contributed by atoms with van der Waals surface area (Å²) in [6, 6.07) is 6.50. The Morgan fingerprint density at radius 1 is 1.26 bits per heavy atom. The maximum atomic E-state index is 12.0. The number of anilines is 3. The van der Waals surface area contributed by atoms with Crippen LogP contribution in [0.4, 0.5) is 17.1 Å². The number of benzene rings is 1. The molecule has 0 radical (unpaired) electrons. The van der Waals surface area contributed by atoms with Crippen molar-refractivity contribution in [2.45, 2.75) is 46.0 Å². The highest BCUT2D eigenvalue weighted by Gasteiger charge is 2.39.